The number of nitrogens with zero attached hydrogens (tertiary/aromatic N) is 1. The summed E-state index contributed by atoms with van der Waals surface area (Å²) in [4.78, 5) is 10.6. The molecule has 0 fully saturated rings. The van der Waals surface area contributed by atoms with Crippen LogP contribution in [0.4, 0.5) is 5.69 Å². The van der Waals surface area contributed by atoms with Crippen molar-refractivity contribution in [3.63, 3.8) is 0 Å². The molecule has 0 aliphatic carbocycles. The van der Waals surface area contributed by atoms with E-state index in [1.165, 1.54) is 6.07 Å². The van der Waals surface area contributed by atoms with Crippen LogP contribution in [0.15, 0.2) is 22.7 Å². The third kappa shape index (κ3) is 2.95. The third-order valence-corrected chi connectivity index (χ3v) is 3.79. The van der Waals surface area contributed by atoms with Crippen molar-refractivity contribution >= 4 is 33.2 Å². The van der Waals surface area contributed by atoms with E-state index in [-0.39, 0.29) is 21.9 Å². The highest BCUT2D eigenvalue weighted by Gasteiger charge is 2.23. The fourth-order valence-corrected chi connectivity index (χ4v) is 2.09. The molecule has 0 aromatic heterocycles. The van der Waals surface area contributed by atoms with Crippen LogP contribution >= 0.6 is 27.5 Å². The summed E-state index contributed by atoms with van der Waals surface area (Å²) in [6.07, 6.45) is 0.788. The van der Waals surface area contributed by atoms with Crippen molar-refractivity contribution < 1.29 is 4.92 Å². The predicted molar refractivity (Wildman–Crippen MR) is 69.1 cm³/mol. The van der Waals surface area contributed by atoms with E-state index >= 15 is 0 Å². The SMILES string of the molecule is CCC(Cl)C(C)c1ccc(Br)cc1[N+](=O)[O-]. The summed E-state index contributed by atoms with van der Waals surface area (Å²) in [5.41, 5.74) is 0.816. The second-order valence-electron chi connectivity index (χ2n) is 3.67. The molecule has 0 heterocycles. The van der Waals surface area contributed by atoms with E-state index < -0.39 is 0 Å². The minimum Gasteiger partial charge on any atom is -0.258 e. The monoisotopic (exact) mass is 305 g/mol. The topological polar surface area (TPSA) is 43.1 Å². The molecular formula is C11H13BrClNO2. The molecule has 16 heavy (non-hydrogen) atoms. The standard InChI is InChI=1S/C11H13BrClNO2/c1-3-10(13)7(2)9-5-4-8(12)6-11(9)14(15)16/h4-7,10H,3H2,1-2H3. The van der Waals surface area contributed by atoms with E-state index in [1.54, 1.807) is 12.1 Å². The number of nitro groups is 1. The highest BCUT2D eigenvalue weighted by atomic mass is 79.9. The summed E-state index contributed by atoms with van der Waals surface area (Å²) in [7, 11) is 0. The Balaban J connectivity index is 3.17. The lowest BCUT2D eigenvalue weighted by molar-refractivity contribution is -0.385. The van der Waals surface area contributed by atoms with Crippen LogP contribution in [0, 0.1) is 10.1 Å². The molecule has 88 valence electrons. The smallest absolute Gasteiger partial charge is 0.258 e. The minimum atomic E-state index is -0.365. The zero-order valence-electron chi connectivity index (χ0n) is 9.11. The summed E-state index contributed by atoms with van der Waals surface area (Å²) in [6, 6.07) is 5.08. The van der Waals surface area contributed by atoms with Gasteiger partial charge in [-0.15, -0.1) is 11.6 Å². The Morgan fingerprint density at radius 1 is 1.56 bits per heavy atom. The molecule has 1 aromatic rings. The molecule has 0 radical (unpaired) electrons. The second kappa shape index (κ2) is 5.64. The average molecular weight is 307 g/mol. The Morgan fingerprint density at radius 3 is 2.69 bits per heavy atom. The van der Waals surface area contributed by atoms with Crippen molar-refractivity contribution in [2.75, 3.05) is 0 Å². The van der Waals surface area contributed by atoms with Gasteiger partial charge in [0.25, 0.3) is 5.69 Å². The Morgan fingerprint density at radius 2 is 2.19 bits per heavy atom. The molecule has 0 N–H and O–H groups in total. The normalized spacial score (nSPS) is 14.5. The minimum absolute atomic E-state index is 0.0276. The molecule has 0 bridgehead atoms. The van der Waals surface area contributed by atoms with Gasteiger partial charge in [-0.05, 0) is 12.5 Å². The molecule has 0 aliphatic rings. The summed E-state index contributed by atoms with van der Waals surface area (Å²) < 4.78 is 0.706. The van der Waals surface area contributed by atoms with Crippen LogP contribution in [-0.2, 0) is 0 Å². The lowest BCUT2D eigenvalue weighted by atomic mass is 9.94. The lowest BCUT2D eigenvalue weighted by Gasteiger charge is -2.16. The van der Waals surface area contributed by atoms with Crippen LogP contribution in [0.25, 0.3) is 0 Å². The molecule has 2 atom stereocenters. The highest BCUT2D eigenvalue weighted by molar-refractivity contribution is 9.10. The number of hydrogen-bond donors (Lipinski definition) is 0. The lowest BCUT2D eigenvalue weighted by Crippen LogP contribution is -2.10. The first-order chi connectivity index (χ1) is 7.47. The van der Waals surface area contributed by atoms with E-state index in [1.807, 2.05) is 13.8 Å². The first kappa shape index (κ1) is 13.5. The van der Waals surface area contributed by atoms with Crippen LogP contribution in [0.5, 0.6) is 0 Å². The van der Waals surface area contributed by atoms with Gasteiger partial charge in [-0.3, -0.25) is 10.1 Å². The molecule has 3 nitrogen and oxygen atoms in total. The fourth-order valence-electron chi connectivity index (χ4n) is 1.61. The number of rotatable bonds is 4. The largest absolute Gasteiger partial charge is 0.274 e. The molecule has 2 unspecified atom stereocenters. The second-order valence-corrected chi connectivity index (χ2v) is 5.15. The molecule has 1 rings (SSSR count). The van der Waals surface area contributed by atoms with Gasteiger partial charge in [-0.2, -0.15) is 0 Å². The number of halogens is 2. The molecular weight excluding hydrogens is 293 g/mol. The molecule has 0 saturated heterocycles. The van der Waals surface area contributed by atoms with Gasteiger partial charge in [0.15, 0.2) is 0 Å². The highest BCUT2D eigenvalue weighted by Crippen LogP contribution is 2.33. The maximum absolute atomic E-state index is 10.9. The molecule has 0 saturated carbocycles. The number of hydrogen-bond acceptors (Lipinski definition) is 2. The maximum atomic E-state index is 10.9. The van der Waals surface area contributed by atoms with Crippen LogP contribution in [-0.4, -0.2) is 10.3 Å². The zero-order valence-corrected chi connectivity index (χ0v) is 11.5. The fraction of sp³-hybridized carbons (Fsp3) is 0.455. The van der Waals surface area contributed by atoms with Crippen molar-refractivity contribution in [2.24, 2.45) is 0 Å². The van der Waals surface area contributed by atoms with Gasteiger partial charge in [-0.1, -0.05) is 35.8 Å². The zero-order chi connectivity index (χ0) is 12.3. The average Bonchev–Trinajstić information content (AvgIpc) is 2.26. The van der Waals surface area contributed by atoms with Crippen LogP contribution in [0.3, 0.4) is 0 Å². The summed E-state index contributed by atoms with van der Waals surface area (Å²) in [5.74, 6) is -0.0276. The molecule has 5 heteroatoms. The van der Waals surface area contributed by atoms with E-state index in [4.69, 9.17) is 11.6 Å². The third-order valence-electron chi connectivity index (χ3n) is 2.61. The van der Waals surface area contributed by atoms with Gasteiger partial charge in [0.05, 0.1) is 4.92 Å². The Kier molecular flexibility index (Phi) is 4.74. The van der Waals surface area contributed by atoms with E-state index in [0.29, 0.717) is 10.0 Å². The van der Waals surface area contributed by atoms with Gasteiger partial charge >= 0.3 is 0 Å². The van der Waals surface area contributed by atoms with E-state index in [9.17, 15) is 10.1 Å². The van der Waals surface area contributed by atoms with Crippen molar-refractivity contribution in [3.8, 4) is 0 Å². The van der Waals surface area contributed by atoms with Gasteiger partial charge in [0.2, 0.25) is 0 Å². The van der Waals surface area contributed by atoms with Crippen LogP contribution < -0.4 is 0 Å². The molecule has 1 aromatic carbocycles. The first-order valence-electron chi connectivity index (χ1n) is 5.05. The van der Waals surface area contributed by atoms with Gasteiger partial charge in [0.1, 0.15) is 0 Å². The number of alkyl halides is 1. The van der Waals surface area contributed by atoms with Crippen LogP contribution in [0.2, 0.25) is 0 Å². The van der Waals surface area contributed by atoms with Crippen molar-refractivity contribution in [1.29, 1.82) is 0 Å². The van der Waals surface area contributed by atoms with Crippen molar-refractivity contribution in [1.82, 2.24) is 0 Å². The Labute approximate surface area is 108 Å². The summed E-state index contributed by atoms with van der Waals surface area (Å²) in [5, 5.41) is 10.8. The first-order valence-corrected chi connectivity index (χ1v) is 6.28. The van der Waals surface area contributed by atoms with Gasteiger partial charge < -0.3 is 0 Å². The number of nitro benzene ring substituents is 1. The summed E-state index contributed by atoms with van der Waals surface area (Å²) >= 11 is 9.36. The van der Waals surface area contributed by atoms with Crippen LogP contribution in [0.1, 0.15) is 31.7 Å². The van der Waals surface area contributed by atoms with Gasteiger partial charge in [-0.25, -0.2) is 0 Å². The Hall–Kier alpha value is -0.610. The molecule has 0 aliphatic heterocycles. The predicted octanol–water partition coefficient (Wildman–Crippen LogP) is 4.48. The van der Waals surface area contributed by atoms with Gasteiger partial charge in [0, 0.05) is 27.4 Å². The van der Waals surface area contributed by atoms with Crippen molar-refractivity contribution in [2.45, 2.75) is 31.6 Å². The van der Waals surface area contributed by atoms with E-state index in [2.05, 4.69) is 15.9 Å². The van der Waals surface area contributed by atoms with Crippen molar-refractivity contribution in [3.05, 3.63) is 38.3 Å². The summed E-state index contributed by atoms with van der Waals surface area (Å²) in [6.45, 7) is 3.89. The molecule has 0 spiro atoms. The maximum Gasteiger partial charge on any atom is 0.274 e. The quantitative estimate of drug-likeness (QED) is 0.467. The molecule has 0 amide bonds. The number of benzene rings is 1. The van der Waals surface area contributed by atoms with E-state index in [0.717, 1.165) is 6.42 Å². The Bertz CT molecular complexity index is 398.